The van der Waals surface area contributed by atoms with Crippen LogP contribution in [0.2, 0.25) is 5.02 Å². The lowest BCUT2D eigenvalue weighted by atomic mass is 10.0. The number of phenolic OH excluding ortho intramolecular Hbond substituents is 1. The number of sulfone groups is 1. The van der Waals surface area contributed by atoms with Gasteiger partial charge in [-0.2, -0.15) is 0 Å². The maximum Gasteiger partial charge on any atom is 0.319 e. The summed E-state index contributed by atoms with van der Waals surface area (Å²) in [5, 5.41) is 15.6. The van der Waals surface area contributed by atoms with Crippen LogP contribution in [0.3, 0.4) is 0 Å². The van der Waals surface area contributed by atoms with E-state index in [4.69, 9.17) is 11.6 Å². The third kappa shape index (κ3) is 4.05. The molecule has 0 bridgehead atoms. The van der Waals surface area contributed by atoms with E-state index < -0.39 is 26.9 Å². The zero-order valence-electron chi connectivity index (χ0n) is 17.0. The molecule has 3 atom stereocenters. The van der Waals surface area contributed by atoms with Crippen LogP contribution in [0.15, 0.2) is 28.7 Å². The van der Waals surface area contributed by atoms with Gasteiger partial charge < -0.3 is 20.6 Å². The number of halogens is 1. The molecule has 9 heteroatoms. The predicted molar refractivity (Wildman–Crippen MR) is 117 cm³/mol. The summed E-state index contributed by atoms with van der Waals surface area (Å²) in [5.74, 6) is -0.495. The van der Waals surface area contributed by atoms with Gasteiger partial charge in [0.05, 0.1) is 22.0 Å². The summed E-state index contributed by atoms with van der Waals surface area (Å²) >= 11 is 6.22. The molecule has 0 spiro atoms. The summed E-state index contributed by atoms with van der Waals surface area (Å²) in [6, 6.07) is 2.56. The number of phenols is 1. The number of nitrogens with one attached hydrogen (secondary N) is 2. The number of carbonyl (C=O) groups excluding carboxylic acids is 1. The highest BCUT2D eigenvalue weighted by atomic mass is 35.5. The maximum absolute atomic E-state index is 13.4. The van der Waals surface area contributed by atoms with E-state index in [1.165, 1.54) is 12.1 Å². The Kier molecular flexibility index (Phi) is 6.01. The van der Waals surface area contributed by atoms with Gasteiger partial charge in [0.25, 0.3) is 0 Å². The first-order valence-corrected chi connectivity index (χ1v) is 12.4. The molecule has 2 amide bonds. The first kappa shape index (κ1) is 21.5. The minimum absolute atomic E-state index is 0.0260. The van der Waals surface area contributed by atoms with Gasteiger partial charge in [0.1, 0.15) is 4.90 Å². The van der Waals surface area contributed by atoms with Gasteiger partial charge in [-0.3, -0.25) is 0 Å². The number of hydrogen-bond donors (Lipinski definition) is 3. The normalized spacial score (nSPS) is 26.9. The molecule has 4 rings (SSSR count). The number of piperidine rings is 1. The van der Waals surface area contributed by atoms with Gasteiger partial charge in [-0.15, -0.1) is 0 Å². The number of allylic oxidation sites excluding steroid dienone is 1. The molecule has 3 aliphatic rings. The van der Waals surface area contributed by atoms with Gasteiger partial charge in [-0.1, -0.05) is 23.3 Å². The van der Waals surface area contributed by atoms with Crippen molar-refractivity contribution in [1.82, 2.24) is 10.2 Å². The van der Waals surface area contributed by atoms with Crippen LogP contribution in [0.5, 0.6) is 5.75 Å². The Bertz CT molecular complexity index is 979. The highest BCUT2D eigenvalue weighted by molar-refractivity contribution is 7.92. The highest BCUT2D eigenvalue weighted by Crippen LogP contribution is 2.41. The third-order valence-corrected chi connectivity index (χ3v) is 9.32. The van der Waals surface area contributed by atoms with Crippen LogP contribution < -0.4 is 10.6 Å². The van der Waals surface area contributed by atoms with Crippen LogP contribution in [0.4, 0.5) is 10.5 Å². The lowest BCUT2D eigenvalue weighted by Gasteiger charge is -2.34. The predicted octanol–water partition coefficient (Wildman–Crippen LogP) is 3.68. The van der Waals surface area contributed by atoms with E-state index in [-0.39, 0.29) is 27.7 Å². The van der Waals surface area contributed by atoms with Gasteiger partial charge in [0.2, 0.25) is 0 Å². The molecule has 2 aliphatic heterocycles. The van der Waals surface area contributed by atoms with E-state index in [0.717, 1.165) is 44.3 Å². The quantitative estimate of drug-likeness (QED) is 0.477. The number of amides is 2. The number of urea groups is 1. The van der Waals surface area contributed by atoms with Crippen LogP contribution in [0.1, 0.15) is 45.4 Å². The zero-order chi connectivity index (χ0) is 21.5. The molecule has 0 aromatic heterocycles. The smallest absolute Gasteiger partial charge is 0.319 e. The van der Waals surface area contributed by atoms with Gasteiger partial charge in [0, 0.05) is 6.04 Å². The average molecular weight is 454 g/mol. The van der Waals surface area contributed by atoms with Crippen molar-refractivity contribution in [3.05, 3.63) is 28.8 Å². The molecule has 3 N–H and O–H groups in total. The largest absolute Gasteiger partial charge is 0.504 e. The number of fused-ring (bicyclic) bond motifs is 1. The van der Waals surface area contributed by atoms with E-state index >= 15 is 0 Å². The second-order valence-electron chi connectivity index (χ2n) is 8.47. The Hall–Kier alpha value is -1.77. The molecule has 1 unspecified atom stereocenters. The van der Waals surface area contributed by atoms with Crippen molar-refractivity contribution in [3.63, 3.8) is 0 Å². The second kappa shape index (κ2) is 8.40. The van der Waals surface area contributed by atoms with Crippen LogP contribution in [-0.2, 0) is 9.84 Å². The fourth-order valence-corrected chi connectivity index (χ4v) is 7.32. The lowest BCUT2D eigenvalue weighted by Crippen LogP contribution is -2.43. The van der Waals surface area contributed by atoms with Crippen molar-refractivity contribution < 1.29 is 18.3 Å². The molecule has 164 valence electrons. The minimum atomic E-state index is -3.84. The number of hydrogen-bond acceptors (Lipinski definition) is 5. The van der Waals surface area contributed by atoms with E-state index in [1.807, 2.05) is 6.92 Å². The van der Waals surface area contributed by atoms with Crippen molar-refractivity contribution >= 4 is 33.2 Å². The molecule has 1 aromatic rings. The summed E-state index contributed by atoms with van der Waals surface area (Å²) < 4.78 is 26.8. The maximum atomic E-state index is 13.4. The molecule has 7 nitrogen and oxygen atoms in total. The average Bonchev–Trinajstić information content (AvgIpc) is 3.32. The van der Waals surface area contributed by atoms with Gasteiger partial charge in [0.15, 0.2) is 15.6 Å². The van der Waals surface area contributed by atoms with E-state index in [1.54, 1.807) is 0 Å². The van der Waals surface area contributed by atoms with Crippen molar-refractivity contribution in [2.45, 2.75) is 67.7 Å². The third-order valence-electron chi connectivity index (χ3n) is 6.60. The molecule has 1 aliphatic carbocycles. The molecule has 2 fully saturated rings. The lowest BCUT2D eigenvalue weighted by molar-refractivity contribution is 0.199. The van der Waals surface area contributed by atoms with Crippen molar-refractivity contribution in [1.29, 1.82) is 0 Å². The number of anilines is 1. The molecular weight excluding hydrogens is 426 g/mol. The summed E-state index contributed by atoms with van der Waals surface area (Å²) in [7, 11) is -3.84. The van der Waals surface area contributed by atoms with Gasteiger partial charge >= 0.3 is 6.03 Å². The number of benzene rings is 1. The number of nitrogens with zero attached hydrogens (tertiary/aromatic N) is 1. The molecule has 0 radical (unpaired) electrons. The summed E-state index contributed by atoms with van der Waals surface area (Å²) in [6.07, 6.45) is 6.96. The molecule has 0 saturated carbocycles. The Morgan fingerprint density at radius 2 is 2.03 bits per heavy atom. The van der Waals surface area contributed by atoms with E-state index in [9.17, 15) is 18.3 Å². The van der Waals surface area contributed by atoms with Crippen LogP contribution in [0, 0.1) is 0 Å². The van der Waals surface area contributed by atoms with Crippen LogP contribution in [-0.4, -0.2) is 54.9 Å². The first-order valence-electron chi connectivity index (χ1n) is 10.5. The fourth-order valence-electron chi connectivity index (χ4n) is 4.90. The Labute approximate surface area is 182 Å². The second-order valence-corrected chi connectivity index (χ2v) is 11.0. The molecule has 30 heavy (non-hydrogen) atoms. The van der Waals surface area contributed by atoms with Crippen molar-refractivity contribution in [2.24, 2.45) is 0 Å². The van der Waals surface area contributed by atoms with E-state index in [2.05, 4.69) is 21.6 Å². The SMILES string of the molecule is CC1=CCC[C@H]1NC(=O)Nc1ccc(Cl)c(S(=O)(=O)C2CCN3CCC[C@@H]3C2)c1O. The summed E-state index contributed by atoms with van der Waals surface area (Å²) in [5.41, 5.74) is 1.13. The Morgan fingerprint density at radius 3 is 2.77 bits per heavy atom. The Morgan fingerprint density at radius 1 is 1.23 bits per heavy atom. The highest BCUT2D eigenvalue weighted by Gasteiger charge is 2.40. The number of carbonyl (C=O) groups is 1. The van der Waals surface area contributed by atoms with Gasteiger partial charge in [-0.05, 0) is 70.7 Å². The van der Waals surface area contributed by atoms with Crippen molar-refractivity contribution in [3.8, 4) is 5.75 Å². The number of rotatable bonds is 4. The van der Waals surface area contributed by atoms with Crippen molar-refractivity contribution in [2.75, 3.05) is 18.4 Å². The fraction of sp³-hybridized carbons (Fsp3) is 0.571. The van der Waals surface area contributed by atoms with Gasteiger partial charge in [-0.25, -0.2) is 13.2 Å². The number of aromatic hydroxyl groups is 1. The summed E-state index contributed by atoms with van der Waals surface area (Å²) in [6.45, 7) is 3.72. The molecule has 2 heterocycles. The molecule has 1 aromatic carbocycles. The van der Waals surface area contributed by atoms with Crippen LogP contribution >= 0.6 is 11.6 Å². The monoisotopic (exact) mass is 453 g/mol. The molecule has 2 saturated heterocycles. The minimum Gasteiger partial charge on any atom is -0.504 e. The van der Waals surface area contributed by atoms with E-state index in [0.29, 0.717) is 12.8 Å². The zero-order valence-corrected chi connectivity index (χ0v) is 18.6. The molecular formula is C21H28ClN3O4S. The van der Waals surface area contributed by atoms with Crippen LogP contribution in [0.25, 0.3) is 0 Å². The summed E-state index contributed by atoms with van der Waals surface area (Å²) in [4.78, 5) is 14.5. The topological polar surface area (TPSA) is 98.7 Å². The first-order chi connectivity index (χ1) is 14.3. The standard InChI is InChI=1S/C21H28ClN3O4S/c1-13-4-2-6-17(13)23-21(27)24-18-8-7-16(22)20(19(18)26)30(28,29)15-9-11-25-10-3-5-14(25)12-15/h4,7-8,14-15,17,26H,2-3,5-6,9-12H2,1H3,(H2,23,24,27)/t14-,15?,17-/m1/s1. The Balaban J connectivity index is 1.54.